The SMILES string of the molecule is CC([O])c1ccc(C(Cl)(Cl)Cl)cc1. The van der Waals surface area contributed by atoms with Gasteiger partial charge in [0, 0.05) is 5.56 Å². The Morgan fingerprint density at radius 2 is 1.62 bits per heavy atom. The van der Waals surface area contributed by atoms with Gasteiger partial charge in [-0.1, -0.05) is 59.1 Å². The second-order valence-corrected chi connectivity index (χ2v) is 5.04. The van der Waals surface area contributed by atoms with Crippen LogP contribution in [0.2, 0.25) is 0 Å². The molecule has 13 heavy (non-hydrogen) atoms. The van der Waals surface area contributed by atoms with Crippen molar-refractivity contribution in [3.63, 3.8) is 0 Å². The zero-order valence-electron chi connectivity index (χ0n) is 6.93. The predicted octanol–water partition coefficient (Wildman–Crippen LogP) is 4.00. The van der Waals surface area contributed by atoms with Crippen LogP contribution in [-0.4, -0.2) is 0 Å². The molecule has 1 atom stereocenters. The summed E-state index contributed by atoms with van der Waals surface area (Å²) in [5, 5.41) is 11.0. The van der Waals surface area contributed by atoms with Gasteiger partial charge < -0.3 is 0 Å². The molecule has 4 heteroatoms. The minimum absolute atomic E-state index is 0.571. The second-order valence-electron chi connectivity index (χ2n) is 2.76. The maximum absolute atomic E-state index is 11.0. The molecular weight excluding hydrogens is 230 g/mol. The maximum atomic E-state index is 11.0. The third kappa shape index (κ3) is 3.03. The zero-order valence-corrected chi connectivity index (χ0v) is 9.20. The number of benzene rings is 1. The van der Waals surface area contributed by atoms with Gasteiger partial charge in [-0.3, -0.25) is 0 Å². The number of hydrogen-bond donors (Lipinski definition) is 0. The Bertz CT molecular complexity index is 274. The Morgan fingerprint density at radius 1 is 1.15 bits per heavy atom. The highest BCUT2D eigenvalue weighted by atomic mass is 35.6. The first-order chi connectivity index (χ1) is 5.91. The van der Waals surface area contributed by atoms with Gasteiger partial charge >= 0.3 is 0 Å². The Morgan fingerprint density at radius 3 is 1.92 bits per heavy atom. The van der Waals surface area contributed by atoms with Crippen LogP contribution in [0.25, 0.3) is 0 Å². The summed E-state index contributed by atoms with van der Waals surface area (Å²) in [6.45, 7) is 1.57. The van der Waals surface area contributed by atoms with Gasteiger partial charge in [0.1, 0.15) is 6.10 Å². The molecule has 0 heterocycles. The van der Waals surface area contributed by atoms with E-state index in [1.165, 1.54) is 0 Å². The molecule has 1 aromatic rings. The van der Waals surface area contributed by atoms with E-state index in [-0.39, 0.29) is 0 Å². The molecular formula is C9H8Cl3O. The molecule has 0 bridgehead atoms. The lowest BCUT2D eigenvalue weighted by molar-refractivity contribution is 0.106. The summed E-state index contributed by atoms with van der Waals surface area (Å²) in [6, 6.07) is 6.65. The summed E-state index contributed by atoms with van der Waals surface area (Å²) in [6.07, 6.45) is -0.746. The minimum atomic E-state index is -1.41. The molecule has 0 aliphatic rings. The third-order valence-corrected chi connectivity index (χ3v) is 2.36. The van der Waals surface area contributed by atoms with Crippen molar-refractivity contribution in [3.8, 4) is 0 Å². The van der Waals surface area contributed by atoms with E-state index in [9.17, 15) is 5.11 Å². The minimum Gasteiger partial charge on any atom is -0.228 e. The molecule has 0 fully saturated rings. The van der Waals surface area contributed by atoms with Crippen molar-refractivity contribution in [2.24, 2.45) is 0 Å². The van der Waals surface area contributed by atoms with Crippen LogP contribution in [0.3, 0.4) is 0 Å². The van der Waals surface area contributed by atoms with Gasteiger partial charge in [0.2, 0.25) is 3.79 Å². The van der Waals surface area contributed by atoms with Crippen LogP contribution in [0.15, 0.2) is 24.3 Å². The van der Waals surface area contributed by atoms with Gasteiger partial charge in [-0.25, -0.2) is 5.11 Å². The molecule has 0 amide bonds. The molecule has 1 rings (SSSR count). The molecule has 71 valence electrons. The number of rotatable bonds is 1. The summed E-state index contributed by atoms with van der Waals surface area (Å²) in [5.74, 6) is 0. The summed E-state index contributed by atoms with van der Waals surface area (Å²) < 4.78 is -1.41. The van der Waals surface area contributed by atoms with E-state index in [0.717, 1.165) is 0 Å². The fourth-order valence-electron chi connectivity index (χ4n) is 0.943. The van der Waals surface area contributed by atoms with Gasteiger partial charge in [-0.05, 0) is 12.5 Å². The molecule has 1 unspecified atom stereocenters. The quantitative estimate of drug-likeness (QED) is 0.659. The lowest BCUT2D eigenvalue weighted by Gasteiger charge is -2.11. The number of halogens is 3. The largest absolute Gasteiger partial charge is 0.228 e. The standard InChI is InChI=1S/C9H8Cl3O/c1-6(13)7-2-4-8(5-3-7)9(10,11)12/h2-6H,1H3. The van der Waals surface area contributed by atoms with E-state index in [1.807, 2.05) is 0 Å². The fraction of sp³-hybridized carbons (Fsp3) is 0.333. The molecule has 0 spiro atoms. The number of hydrogen-bond acceptors (Lipinski definition) is 0. The average molecular weight is 239 g/mol. The second kappa shape index (κ2) is 4.05. The van der Waals surface area contributed by atoms with Gasteiger partial charge in [0.05, 0.1) is 0 Å². The Kier molecular flexibility index (Phi) is 3.47. The van der Waals surface area contributed by atoms with Crippen molar-refractivity contribution < 1.29 is 5.11 Å². The molecule has 0 N–H and O–H groups in total. The monoisotopic (exact) mass is 237 g/mol. The molecule has 1 nitrogen and oxygen atoms in total. The molecule has 1 radical (unpaired) electrons. The maximum Gasteiger partial charge on any atom is 0.216 e. The van der Waals surface area contributed by atoms with Crippen molar-refractivity contribution in [2.75, 3.05) is 0 Å². The van der Waals surface area contributed by atoms with E-state index in [4.69, 9.17) is 34.8 Å². The lowest BCUT2D eigenvalue weighted by atomic mass is 10.1. The highest BCUT2D eigenvalue weighted by molar-refractivity contribution is 6.66. The van der Waals surface area contributed by atoms with Crippen LogP contribution in [0.4, 0.5) is 0 Å². The highest BCUT2D eigenvalue weighted by Crippen LogP contribution is 2.38. The van der Waals surface area contributed by atoms with Crippen molar-refractivity contribution >= 4 is 34.8 Å². The molecule has 0 saturated heterocycles. The third-order valence-electron chi connectivity index (χ3n) is 1.71. The summed E-state index contributed by atoms with van der Waals surface area (Å²) in [5.41, 5.74) is 1.26. The molecule has 0 saturated carbocycles. The molecule has 0 aliphatic carbocycles. The van der Waals surface area contributed by atoms with Gasteiger partial charge in [0.25, 0.3) is 0 Å². The predicted molar refractivity (Wildman–Crippen MR) is 54.8 cm³/mol. The van der Waals surface area contributed by atoms with Crippen LogP contribution in [0.1, 0.15) is 24.2 Å². The van der Waals surface area contributed by atoms with Crippen LogP contribution < -0.4 is 0 Å². The Balaban J connectivity index is 2.94. The summed E-state index contributed by atoms with van der Waals surface area (Å²) in [7, 11) is 0. The van der Waals surface area contributed by atoms with E-state index >= 15 is 0 Å². The van der Waals surface area contributed by atoms with Crippen molar-refractivity contribution in [2.45, 2.75) is 16.8 Å². The van der Waals surface area contributed by atoms with Gasteiger partial charge in [-0.2, -0.15) is 0 Å². The molecule has 0 aromatic heterocycles. The fourth-order valence-corrected chi connectivity index (χ4v) is 1.32. The van der Waals surface area contributed by atoms with E-state index < -0.39 is 9.90 Å². The van der Waals surface area contributed by atoms with Crippen LogP contribution in [0.5, 0.6) is 0 Å². The number of alkyl halides is 3. The first-order valence-corrected chi connectivity index (χ1v) is 4.87. The van der Waals surface area contributed by atoms with Crippen LogP contribution in [0, 0.1) is 0 Å². The van der Waals surface area contributed by atoms with Crippen molar-refractivity contribution in [1.82, 2.24) is 0 Å². The lowest BCUT2D eigenvalue weighted by Crippen LogP contribution is -2.00. The zero-order chi connectivity index (χ0) is 10.1. The topological polar surface area (TPSA) is 19.9 Å². The van der Waals surface area contributed by atoms with Crippen molar-refractivity contribution in [3.05, 3.63) is 35.4 Å². The van der Waals surface area contributed by atoms with E-state index in [1.54, 1.807) is 31.2 Å². The Labute approximate surface area is 92.2 Å². The van der Waals surface area contributed by atoms with Crippen molar-refractivity contribution in [1.29, 1.82) is 0 Å². The first kappa shape index (κ1) is 11.1. The van der Waals surface area contributed by atoms with Gasteiger partial charge in [-0.15, -0.1) is 0 Å². The first-order valence-electron chi connectivity index (χ1n) is 3.74. The Hall–Kier alpha value is 0.0500. The van der Waals surface area contributed by atoms with Gasteiger partial charge in [0.15, 0.2) is 0 Å². The average Bonchev–Trinajstić information content (AvgIpc) is 2.03. The molecule has 0 aliphatic heterocycles. The van der Waals surface area contributed by atoms with Crippen LogP contribution in [-0.2, 0) is 8.90 Å². The normalized spacial score (nSPS) is 14.2. The highest BCUT2D eigenvalue weighted by Gasteiger charge is 2.22. The summed E-state index contributed by atoms with van der Waals surface area (Å²) in [4.78, 5) is 0. The van der Waals surface area contributed by atoms with E-state index in [2.05, 4.69) is 0 Å². The smallest absolute Gasteiger partial charge is 0.216 e. The van der Waals surface area contributed by atoms with Crippen LogP contribution >= 0.6 is 34.8 Å². The summed E-state index contributed by atoms with van der Waals surface area (Å²) >= 11 is 16.9. The molecule has 1 aromatic carbocycles. The van der Waals surface area contributed by atoms with E-state index in [0.29, 0.717) is 11.1 Å².